The van der Waals surface area contributed by atoms with Gasteiger partial charge in [-0.3, -0.25) is 0 Å². The molecule has 9 nitrogen and oxygen atoms in total. The van der Waals surface area contributed by atoms with Crippen LogP contribution in [0.4, 0.5) is 26.3 Å². The highest BCUT2D eigenvalue weighted by Crippen LogP contribution is 2.36. The van der Waals surface area contributed by atoms with Gasteiger partial charge in [0.15, 0.2) is 6.29 Å². The lowest BCUT2D eigenvalue weighted by Gasteiger charge is -2.22. The summed E-state index contributed by atoms with van der Waals surface area (Å²) in [4.78, 5) is 10.3. The van der Waals surface area contributed by atoms with Crippen molar-refractivity contribution in [3.63, 3.8) is 0 Å². The molecule has 1 saturated heterocycles. The lowest BCUT2D eigenvalue weighted by molar-refractivity contribution is -0.169. The summed E-state index contributed by atoms with van der Waals surface area (Å²) in [6.07, 6.45) is -6.29. The predicted molar refractivity (Wildman–Crippen MR) is 220 cm³/mol. The zero-order valence-corrected chi connectivity index (χ0v) is 35.2. The summed E-state index contributed by atoms with van der Waals surface area (Å²) >= 11 is 14.6. The standard InChI is InChI=1S/C24H20ClF3N2O3S.C19H12ClF3N2O2S/c25-19-11-18(9-6-16(19)12-29)32-14-21-20(13-33-22-3-1-2-10-31-22)30-23(34-21)15-4-7-17(8-5-15)24(26,27)28;20-15-7-14(6-3-12(15)8-24)27-10-17-16(9-26)25-18(28-17)11-1-4-13(5-2-11)19(21,22)23/h4-9,11,22H,1-3,10,13-14H2;1-7,26H,9-10H2. The molecule has 2 aromatic heterocycles. The first-order valence-electron chi connectivity index (χ1n) is 18.5. The number of benzene rings is 4. The first kappa shape index (κ1) is 46.3. The Morgan fingerprint density at radius 1 is 0.677 bits per heavy atom. The first-order chi connectivity index (χ1) is 29.6. The molecule has 62 heavy (non-hydrogen) atoms. The van der Waals surface area contributed by atoms with E-state index >= 15 is 0 Å². The molecule has 6 aromatic rings. The van der Waals surface area contributed by atoms with Crippen molar-refractivity contribution in [1.82, 2.24) is 9.97 Å². The van der Waals surface area contributed by atoms with Gasteiger partial charge >= 0.3 is 12.4 Å². The lowest BCUT2D eigenvalue weighted by atomic mass is 10.1. The number of halogens is 8. The number of aromatic nitrogens is 2. The van der Waals surface area contributed by atoms with E-state index in [4.69, 9.17) is 52.7 Å². The second-order valence-corrected chi connectivity index (χ2v) is 16.3. The summed E-state index contributed by atoms with van der Waals surface area (Å²) in [5, 5.41) is 29.0. The third-order valence-electron chi connectivity index (χ3n) is 9.03. The monoisotopic (exact) mass is 932 g/mol. The van der Waals surface area contributed by atoms with E-state index in [9.17, 15) is 31.4 Å². The second kappa shape index (κ2) is 20.8. The van der Waals surface area contributed by atoms with E-state index in [1.807, 2.05) is 12.1 Å². The van der Waals surface area contributed by atoms with Gasteiger partial charge in [-0.05, 0) is 67.8 Å². The number of rotatable bonds is 12. The van der Waals surface area contributed by atoms with Crippen LogP contribution in [0.3, 0.4) is 0 Å². The van der Waals surface area contributed by atoms with Crippen LogP contribution in [0.5, 0.6) is 11.5 Å². The smallest absolute Gasteiger partial charge is 0.416 e. The van der Waals surface area contributed by atoms with Crippen molar-refractivity contribution in [2.75, 3.05) is 6.61 Å². The largest absolute Gasteiger partial charge is 0.488 e. The Morgan fingerprint density at radius 2 is 1.15 bits per heavy atom. The van der Waals surface area contributed by atoms with Crippen LogP contribution >= 0.6 is 45.9 Å². The number of ether oxygens (including phenoxy) is 4. The molecule has 19 heteroatoms. The van der Waals surface area contributed by atoms with E-state index in [0.29, 0.717) is 66.6 Å². The summed E-state index contributed by atoms with van der Waals surface area (Å²) < 4.78 is 99.8. The number of nitriles is 2. The Kier molecular flexibility index (Phi) is 15.5. The molecule has 0 radical (unpaired) electrons. The number of hydrogen-bond acceptors (Lipinski definition) is 11. The molecule has 0 amide bonds. The minimum atomic E-state index is -4.40. The van der Waals surface area contributed by atoms with Crippen LogP contribution in [-0.4, -0.2) is 28.0 Å². The molecule has 3 heterocycles. The molecule has 1 aliphatic rings. The van der Waals surface area contributed by atoms with Crippen LogP contribution in [0.15, 0.2) is 84.9 Å². The summed E-state index contributed by atoms with van der Waals surface area (Å²) in [6.45, 7) is 0.758. The van der Waals surface area contributed by atoms with Crippen molar-refractivity contribution in [3.05, 3.63) is 138 Å². The fourth-order valence-electron chi connectivity index (χ4n) is 5.74. The van der Waals surface area contributed by atoms with Crippen molar-refractivity contribution in [3.8, 4) is 44.8 Å². The van der Waals surface area contributed by atoms with Gasteiger partial charge in [0.25, 0.3) is 0 Å². The van der Waals surface area contributed by atoms with Gasteiger partial charge in [0.1, 0.15) is 46.9 Å². The molecule has 0 spiro atoms. The van der Waals surface area contributed by atoms with E-state index in [1.54, 1.807) is 24.3 Å². The molecule has 0 aliphatic carbocycles. The van der Waals surface area contributed by atoms with Gasteiger partial charge in [0.05, 0.1) is 66.7 Å². The topological polar surface area (TPSA) is 131 Å². The molecule has 1 N–H and O–H groups in total. The number of nitrogens with zero attached hydrogens (tertiary/aromatic N) is 4. The maximum Gasteiger partial charge on any atom is 0.416 e. The average molecular weight is 934 g/mol. The summed E-state index contributed by atoms with van der Waals surface area (Å²) in [5.41, 5.74) is 1.32. The zero-order valence-electron chi connectivity index (χ0n) is 32.0. The molecular formula is C43H32Cl2F6N4O5S2. The van der Waals surface area contributed by atoms with Gasteiger partial charge in [-0.2, -0.15) is 36.9 Å². The number of aliphatic hydroxyl groups is 1. The van der Waals surface area contributed by atoms with Crippen LogP contribution < -0.4 is 9.47 Å². The molecule has 7 rings (SSSR count). The van der Waals surface area contributed by atoms with E-state index in [-0.39, 0.29) is 42.8 Å². The molecule has 1 atom stereocenters. The Balaban J connectivity index is 0.000000211. The number of hydrogen-bond donors (Lipinski definition) is 1. The highest BCUT2D eigenvalue weighted by molar-refractivity contribution is 7.15. The summed E-state index contributed by atoms with van der Waals surface area (Å²) in [6, 6.07) is 22.9. The number of thiazole rings is 2. The van der Waals surface area contributed by atoms with Gasteiger partial charge in [-0.25, -0.2) is 9.97 Å². The Labute approximate surface area is 369 Å². The molecule has 1 fully saturated rings. The van der Waals surface area contributed by atoms with Crippen molar-refractivity contribution in [2.24, 2.45) is 0 Å². The van der Waals surface area contributed by atoms with E-state index < -0.39 is 23.5 Å². The third kappa shape index (κ3) is 12.2. The minimum Gasteiger partial charge on any atom is -0.488 e. The minimum absolute atomic E-state index is 0.0937. The number of alkyl halides is 6. The summed E-state index contributed by atoms with van der Waals surface area (Å²) in [7, 11) is 0. The first-order valence-corrected chi connectivity index (χ1v) is 20.9. The second-order valence-electron chi connectivity index (χ2n) is 13.3. The van der Waals surface area contributed by atoms with E-state index in [1.165, 1.54) is 59.1 Å². The van der Waals surface area contributed by atoms with Crippen molar-refractivity contribution < 1.29 is 50.4 Å². The van der Waals surface area contributed by atoms with Crippen LogP contribution in [0.1, 0.15) is 62.7 Å². The fourth-order valence-corrected chi connectivity index (χ4v) is 8.14. The Bertz CT molecular complexity index is 2550. The quantitative estimate of drug-likeness (QED) is 0.119. The maximum absolute atomic E-state index is 12.9. The molecule has 0 saturated carbocycles. The fraction of sp³-hybridized carbons (Fsp3) is 0.256. The van der Waals surface area contributed by atoms with Crippen molar-refractivity contribution in [1.29, 1.82) is 10.5 Å². The van der Waals surface area contributed by atoms with E-state index in [2.05, 4.69) is 9.97 Å². The summed E-state index contributed by atoms with van der Waals surface area (Å²) in [5.74, 6) is 0.924. The van der Waals surface area contributed by atoms with Crippen LogP contribution in [0.2, 0.25) is 10.0 Å². The van der Waals surface area contributed by atoms with Crippen molar-refractivity contribution >= 4 is 45.9 Å². The van der Waals surface area contributed by atoms with Gasteiger partial charge in [0.2, 0.25) is 0 Å². The van der Waals surface area contributed by atoms with E-state index in [0.717, 1.165) is 48.4 Å². The molecular weight excluding hydrogens is 902 g/mol. The van der Waals surface area contributed by atoms with Gasteiger partial charge in [-0.1, -0.05) is 47.5 Å². The SMILES string of the molecule is N#Cc1ccc(OCc2sc(-c3ccc(C(F)(F)F)cc3)nc2CO)cc1Cl.N#Cc1ccc(OCc2sc(-c3ccc(C(F)(F)F)cc3)nc2COC2CCCCO2)cc1Cl. The third-order valence-corrected chi connectivity index (χ3v) is 11.9. The molecule has 0 bridgehead atoms. The highest BCUT2D eigenvalue weighted by atomic mass is 35.5. The lowest BCUT2D eigenvalue weighted by Crippen LogP contribution is -2.22. The van der Waals surface area contributed by atoms with Gasteiger partial charge in [-0.15, -0.1) is 22.7 Å². The zero-order chi connectivity index (χ0) is 44.4. The van der Waals surface area contributed by atoms with Crippen LogP contribution in [0, 0.1) is 22.7 Å². The number of aliphatic hydroxyl groups excluding tert-OH is 1. The molecule has 1 aliphatic heterocycles. The predicted octanol–water partition coefficient (Wildman–Crippen LogP) is 12.4. The van der Waals surface area contributed by atoms with Gasteiger partial charge in [0, 0.05) is 29.9 Å². The Morgan fingerprint density at radius 3 is 1.55 bits per heavy atom. The highest BCUT2D eigenvalue weighted by Gasteiger charge is 2.31. The van der Waals surface area contributed by atoms with Crippen LogP contribution in [0.25, 0.3) is 21.1 Å². The van der Waals surface area contributed by atoms with Crippen LogP contribution in [-0.2, 0) is 48.3 Å². The Hall–Kier alpha value is -5.24. The maximum atomic E-state index is 12.9. The molecule has 4 aromatic carbocycles. The molecule has 1 unspecified atom stereocenters. The average Bonchev–Trinajstić information content (AvgIpc) is 3.88. The molecule has 322 valence electrons. The van der Waals surface area contributed by atoms with Crippen molar-refractivity contribution in [2.45, 2.75) is 64.3 Å². The van der Waals surface area contributed by atoms with Gasteiger partial charge < -0.3 is 24.1 Å². The normalized spacial score (nSPS) is 14.0.